The van der Waals surface area contributed by atoms with Gasteiger partial charge in [0.25, 0.3) is 0 Å². The SMILES string of the molecule is O=Cc1c(N2CCCN(CCO)CC2)n(-c2ccccc2)c2ccccc12. The summed E-state index contributed by atoms with van der Waals surface area (Å²) in [4.78, 5) is 16.7. The van der Waals surface area contributed by atoms with Gasteiger partial charge in [-0.2, -0.15) is 0 Å². The first kappa shape index (κ1) is 17.8. The van der Waals surface area contributed by atoms with Crippen LogP contribution < -0.4 is 4.90 Å². The average Bonchev–Trinajstić information content (AvgIpc) is 2.87. The summed E-state index contributed by atoms with van der Waals surface area (Å²) in [5.74, 6) is 0.975. The van der Waals surface area contributed by atoms with Crippen molar-refractivity contribution in [3.63, 3.8) is 0 Å². The molecule has 3 aromatic rings. The quantitative estimate of drug-likeness (QED) is 0.708. The maximum Gasteiger partial charge on any atom is 0.154 e. The van der Waals surface area contributed by atoms with E-state index in [9.17, 15) is 9.90 Å². The third kappa shape index (κ3) is 3.36. The first-order chi connectivity index (χ1) is 13.3. The van der Waals surface area contributed by atoms with E-state index in [1.807, 2.05) is 36.4 Å². The molecule has 0 atom stereocenters. The third-order valence-corrected chi connectivity index (χ3v) is 5.32. The van der Waals surface area contributed by atoms with E-state index in [1.165, 1.54) is 0 Å². The van der Waals surface area contributed by atoms with E-state index in [1.54, 1.807) is 0 Å². The van der Waals surface area contributed by atoms with Gasteiger partial charge < -0.3 is 10.0 Å². The number of aromatic nitrogens is 1. The number of carbonyl (C=O) groups is 1. The second-order valence-electron chi connectivity index (χ2n) is 6.95. The summed E-state index contributed by atoms with van der Waals surface area (Å²) >= 11 is 0. The van der Waals surface area contributed by atoms with Gasteiger partial charge in [-0.1, -0.05) is 36.4 Å². The van der Waals surface area contributed by atoms with Crippen LogP contribution in [0.15, 0.2) is 54.6 Å². The topological polar surface area (TPSA) is 48.7 Å². The summed E-state index contributed by atoms with van der Waals surface area (Å²) in [5.41, 5.74) is 2.87. The number of rotatable bonds is 5. The standard InChI is InChI=1S/C22H25N3O2/c26-16-15-23-11-6-12-24(14-13-23)22-20(17-27)19-9-4-5-10-21(19)25(22)18-7-2-1-3-8-18/h1-5,7-10,17,26H,6,11-16H2. The Morgan fingerprint density at radius 3 is 2.48 bits per heavy atom. The molecule has 1 N–H and O–H groups in total. The Morgan fingerprint density at radius 2 is 1.70 bits per heavy atom. The number of hydrogen-bond donors (Lipinski definition) is 1. The van der Waals surface area contributed by atoms with Crippen LogP contribution in [0.4, 0.5) is 5.82 Å². The van der Waals surface area contributed by atoms with Gasteiger partial charge in [0.2, 0.25) is 0 Å². The van der Waals surface area contributed by atoms with Crippen LogP contribution in [0, 0.1) is 0 Å². The smallest absolute Gasteiger partial charge is 0.154 e. The number of β-amino-alcohol motifs (C(OH)–C–C–N with tert-alkyl or cyclic N) is 1. The lowest BCUT2D eigenvalue weighted by atomic mass is 10.2. The lowest BCUT2D eigenvalue weighted by Gasteiger charge is -2.26. The van der Waals surface area contributed by atoms with Gasteiger partial charge in [0.1, 0.15) is 5.82 Å². The molecule has 0 bridgehead atoms. The minimum absolute atomic E-state index is 0.184. The number of anilines is 1. The monoisotopic (exact) mass is 363 g/mol. The highest BCUT2D eigenvalue weighted by atomic mass is 16.3. The van der Waals surface area contributed by atoms with Crippen LogP contribution >= 0.6 is 0 Å². The molecule has 140 valence electrons. The van der Waals surface area contributed by atoms with Gasteiger partial charge in [-0.25, -0.2) is 0 Å². The van der Waals surface area contributed by atoms with Crippen molar-refractivity contribution in [3.05, 3.63) is 60.2 Å². The molecule has 0 spiro atoms. The molecule has 0 saturated carbocycles. The molecule has 1 fully saturated rings. The summed E-state index contributed by atoms with van der Waals surface area (Å²) in [6.45, 7) is 4.48. The van der Waals surface area contributed by atoms with E-state index in [2.05, 4.69) is 32.6 Å². The van der Waals surface area contributed by atoms with Crippen molar-refractivity contribution in [2.75, 3.05) is 44.2 Å². The number of para-hydroxylation sites is 2. The number of fused-ring (bicyclic) bond motifs is 1. The van der Waals surface area contributed by atoms with Crippen molar-refractivity contribution in [3.8, 4) is 5.69 Å². The van der Waals surface area contributed by atoms with Gasteiger partial charge >= 0.3 is 0 Å². The Morgan fingerprint density at radius 1 is 0.926 bits per heavy atom. The second-order valence-corrected chi connectivity index (χ2v) is 6.95. The maximum absolute atomic E-state index is 12.1. The average molecular weight is 363 g/mol. The lowest BCUT2D eigenvalue weighted by Crippen LogP contribution is -2.33. The molecular formula is C22H25N3O2. The zero-order chi connectivity index (χ0) is 18.6. The Labute approximate surface area is 159 Å². The van der Waals surface area contributed by atoms with E-state index < -0.39 is 0 Å². The van der Waals surface area contributed by atoms with Crippen LogP contribution in [0.25, 0.3) is 16.6 Å². The van der Waals surface area contributed by atoms with Crippen LogP contribution in [0.1, 0.15) is 16.8 Å². The van der Waals surface area contributed by atoms with E-state index in [0.29, 0.717) is 6.54 Å². The van der Waals surface area contributed by atoms with Crippen LogP contribution in [-0.4, -0.2) is 60.2 Å². The van der Waals surface area contributed by atoms with Gasteiger partial charge in [0, 0.05) is 37.3 Å². The molecule has 1 saturated heterocycles. The molecule has 2 aromatic carbocycles. The predicted molar refractivity (Wildman–Crippen MR) is 109 cm³/mol. The summed E-state index contributed by atoms with van der Waals surface area (Å²) in [5, 5.41) is 10.2. The van der Waals surface area contributed by atoms with Crippen LogP contribution in [0.3, 0.4) is 0 Å². The third-order valence-electron chi connectivity index (χ3n) is 5.32. The second kappa shape index (κ2) is 7.94. The van der Waals surface area contributed by atoms with Crippen molar-refractivity contribution < 1.29 is 9.90 Å². The van der Waals surface area contributed by atoms with Gasteiger partial charge in [-0.05, 0) is 31.2 Å². The molecule has 0 unspecified atom stereocenters. The number of benzene rings is 2. The van der Waals surface area contributed by atoms with Gasteiger partial charge in [-0.15, -0.1) is 0 Å². The fraction of sp³-hybridized carbons (Fsp3) is 0.318. The zero-order valence-corrected chi connectivity index (χ0v) is 15.4. The van der Waals surface area contributed by atoms with E-state index in [4.69, 9.17) is 0 Å². The van der Waals surface area contributed by atoms with E-state index in [-0.39, 0.29) is 6.61 Å². The highest BCUT2D eigenvalue weighted by Crippen LogP contribution is 2.35. The number of aliphatic hydroxyl groups is 1. The molecule has 4 rings (SSSR count). The molecule has 1 aliphatic rings. The molecule has 1 aromatic heterocycles. The Balaban J connectivity index is 1.85. The first-order valence-corrected chi connectivity index (χ1v) is 9.55. The molecule has 0 radical (unpaired) electrons. The van der Waals surface area contributed by atoms with Crippen molar-refractivity contribution in [2.45, 2.75) is 6.42 Å². The predicted octanol–water partition coefficient (Wildman–Crippen LogP) is 2.95. The molecule has 27 heavy (non-hydrogen) atoms. The van der Waals surface area contributed by atoms with Crippen LogP contribution in [-0.2, 0) is 0 Å². The van der Waals surface area contributed by atoms with Crippen LogP contribution in [0.2, 0.25) is 0 Å². The largest absolute Gasteiger partial charge is 0.395 e. The Kier molecular flexibility index (Phi) is 5.23. The summed E-state index contributed by atoms with van der Waals surface area (Å²) in [6, 6.07) is 18.3. The van der Waals surface area contributed by atoms with Crippen molar-refractivity contribution in [1.82, 2.24) is 9.47 Å². The molecule has 1 aliphatic heterocycles. The first-order valence-electron chi connectivity index (χ1n) is 9.55. The highest BCUT2D eigenvalue weighted by Gasteiger charge is 2.24. The maximum atomic E-state index is 12.1. The normalized spacial score (nSPS) is 15.8. The van der Waals surface area contributed by atoms with Crippen LogP contribution in [0.5, 0.6) is 0 Å². The Bertz CT molecular complexity index is 920. The van der Waals surface area contributed by atoms with Crippen molar-refractivity contribution >= 4 is 23.0 Å². The van der Waals surface area contributed by atoms with E-state index in [0.717, 1.165) is 66.9 Å². The van der Waals surface area contributed by atoms with Crippen molar-refractivity contribution in [1.29, 1.82) is 0 Å². The Hall–Kier alpha value is -2.63. The molecule has 5 heteroatoms. The lowest BCUT2D eigenvalue weighted by molar-refractivity contribution is 0.112. The number of carbonyl (C=O) groups excluding carboxylic acids is 1. The summed E-state index contributed by atoms with van der Waals surface area (Å²) in [7, 11) is 0. The highest BCUT2D eigenvalue weighted by molar-refractivity contribution is 6.05. The fourth-order valence-corrected chi connectivity index (χ4v) is 4.07. The van der Waals surface area contributed by atoms with Crippen molar-refractivity contribution in [2.24, 2.45) is 0 Å². The summed E-state index contributed by atoms with van der Waals surface area (Å²) < 4.78 is 2.21. The van der Waals surface area contributed by atoms with Gasteiger partial charge in [0.05, 0.1) is 17.7 Å². The number of nitrogens with zero attached hydrogens (tertiary/aromatic N) is 3. The fourth-order valence-electron chi connectivity index (χ4n) is 4.07. The molecular weight excluding hydrogens is 338 g/mol. The number of aliphatic hydroxyl groups excluding tert-OH is 1. The minimum Gasteiger partial charge on any atom is -0.395 e. The molecule has 5 nitrogen and oxygen atoms in total. The van der Waals surface area contributed by atoms with E-state index >= 15 is 0 Å². The molecule has 0 aliphatic carbocycles. The summed E-state index contributed by atoms with van der Waals surface area (Å²) in [6.07, 6.45) is 2.00. The number of hydrogen-bond acceptors (Lipinski definition) is 4. The molecule has 2 heterocycles. The molecule has 0 amide bonds. The zero-order valence-electron chi connectivity index (χ0n) is 15.4. The number of aldehydes is 1. The van der Waals surface area contributed by atoms with Gasteiger partial charge in [0.15, 0.2) is 6.29 Å². The van der Waals surface area contributed by atoms with Gasteiger partial charge in [-0.3, -0.25) is 14.3 Å². The minimum atomic E-state index is 0.184.